The fraction of sp³-hybridized carbons (Fsp3) is 0.400. The van der Waals surface area contributed by atoms with E-state index in [2.05, 4.69) is 31.1 Å². The fourth-order valence-electron chi connectivity index (χ4n) is 2.47. The molecular formula is C15H16BrN3O2S. The van der Waals surface area contributed by atoms with E-state index >= 15 is 0 Å². The van der Waals surface area contributed by atoms with E-state index in [0.717, 1.165) is 41.3 Å². The molecule has 5 nitrogen and oxygen atoms in total. The van der Waals surface area contributed by atoms with E-state index in [9.17, 15) is 9.59 Å². The van der Waals surface area contributed by atoms with Crippen molar-refractivity contribution in [3.8, 4) is 0 Å². The number of rotatable bonds is 3. The second-order valence-electron chi connectivity index (χ2n) is 5.29. The molecule has 0 aliphatic carbocycles. The van der Waals surface area contributed by atoms with Crippen molar-refractivity contribution in [1.29, 1.82) is 0 Å². The van der Waals surface area contributed by atoms with Crippen LogP contribution in [-0.4, -0.2) is 40.2 Å². The minimum absolute atomic E-state index is 0.153. The molecule has 116 valence electrons. The number of nitrogens with zero attached hydrogens (tertiary/aromatic N) is 2. The molecule has 1 aromatic rings. The first-order chi connectivity index (χ1) is 10.6. The number of carbonyl (C=O) groups is 2. The molecule has 2 aliphatic rings. The summed E-state index contributed by atoms with van der Waals surface area (Å²) in [5.41, 5.74) is 0.726. The number of halogens is 1. The number of benzene rings is 1. The zero-order chi connectivity index (χ0) is 15.5. The minimum atomic E-state index is -0.397. The Hall–Kier alpha value is -1.34. The number of anilines is 1. The largest absolute Gasteiger partial charge is 0.351 e. The first kappa shape index (κ1) is 15.6. The molecule has 1 aromatic carbocycles. The molecule has 0 saturated carbocycles. The number of hydrogen-bond acceptors (Lipinski definition) is 4. The average Bonchev–Trinajstić information content (AvgIpc) is 3.12. The summed E-state index contributed by atoms with van der Waals surface area (Å²) in [7, 11) is 0. The van der Waals surface area contributed by atoms with Gasteiger partial charge in [0.2, 0.25) is 5.91 Å². The highest BCUT2D eigenvalue weighted by Gasteiger charge is 2.33. The van der Waals surface area contributed by atoms with Crippen molar-refractivity contribution >= 4 is 50.4 Å². The summed E-state index contributed by atoms with van der Waals surface area (Å²) in [6.45, 7) is 1.91. The molecular weight excluding hydrogens is 366 g/mol. The van der Waals surface area contributed by atoms with E-state index in [-0.39, 0.29) is 18.2 Å². The maximum Gasteiger partial charge on any atom is 0.262 e. The Bertz CT molecular complexity index is 612. The van der Waals surface area contributed by atoms with Gasteiger partial charge in [-0.15, -0.1) is 0 Å². The maximum atomic E-state index is 12.1. The van der Waals surface area contributed by atoms with Gasteiger partial charge >= 0.3 is 0 Å². The Kier molecular flexibility index (Phi) is 4.83. The van der Waals surface area contributed by atoms with Crippen LogP contribution in [0.3, 0.4) is 0 Å². The van der Waals surface area contributed by atoms with Crippen molar-refractivity contribution in [2.45, 2.75) is 24.5 Å². The van der Waals surface area contributed by atoms with Gasteiger partial charge in [-0.1, -0.05) is 27.7 Å². The number of hydrogen-bond donors (Lipinski definition) is 1. The topological polar surface area (TPSA) is 61.8 Å². The lowest BCUT2D eigenvalue weighted by Gasteiger charge is -2.16. The van der Waals surface area contributed by atoms with Gasteiger partial charge in [-0.25, -0.2) is 0 Å². The first-order valence-corrected chi connectivity index (χ1v) is 8.88. The Labute approximate surface area is 141 Å². The molecule has 2 aliphatic heterocycles. The third kappa shape index (κ3) is 3.70. The second kappa shape index (κ2) is 6.83. The van der Waals surface area contributed by atoms with Crippen LogP contribution < -0.4 is 5.32 Å². The van der Waals surface area contributed by atoms with Crippen LogP contribution >= 0.6 is 27.7 Å². The molecule has 1 saturated heterocycles. The third-order valence-corrected chi connectivity index (χ3v) is 5.35. The van der Waals surface area contributed by atoms with Crippen LogP contribution in [0.2, 0.25) is 0 Å². The molecule has 3 rings (SSSR count). The summed E-state index contributed by atoms with van der Waals surface area (Å²) in [5, 5.41) is 3.20. The minimum Gasteiger partial charge on any atom is -0.351 e. The summed E-state index contributed by atoms with van der Waals surface area (Å²) in [5.74, 6) is -0.357. The summed E-state index contributed by atoms with van der Waals surface area (Å²) in [6.07, 6.45) is 2.44. The normalized spacial score (nSPS) is 21.1. The molecule has 0 aromatic heterocycles. The highest BCUT2D eigenvalue weighted by Crippen LogP contribution is 2.29. The van der Waals surface area contributed by atoms with E-state index in [4.69, 9.17) is 0 Å². The van der Waals surface area contributed by atoms with E-state index in [1.807, 2.05) is 24.3 Å². The number of aliphatic imine (C=N–C) groups is 1. The maximum absolute atomic E-state index is 12.1. The number of amides is 2. The van der Waals surface area contributed by atoms with Crippen molar-refractivity contribution in [1.82, 2.24) is 4.90 Å². The lowest BCUT2D eigenvalue weighted by Crippen LogP contribution is -2.25. The van der Waals surface area contributed by atoms with Crippen molar-refractivity contribution in [2.75, 3.05) is 18.4 Å². The van der Waals surface area contributed by atoms with Gasteiger partial charge in [0, 0.05) is 29.7 Å². The number of amidine groups is 1. The van der Waals surface area contributed by atoms with Crippen LogP contribution in [-0.2, 0) is 9.59 Å². The van der Waals surface area contributed by atoms with Crippen molar-refractivity contribution < 1.29 is 9.59 Å². The number of thioether (sulfide) groups is 1. The second-order valence-corrected chi connectivity index (χ2v) is 7.38. The Morgan fingerprint density at radius 2 is 2.00 bits per heavy atom. The van der Waals surface area contributed by atoms with Gasteiger partial charge in [0.05, 0.1) is 0 Å². The zero-order valence-corrected chi connectivity index (χ0v) is 14.3. The number of nitrogens with one attached hydrogen (secondary N) is 1. The van der Waals surface area contributed by atoms with Crippen LogP contribution in [0.4, 0.5) is 5.69 Å². The Morgan fingerprint density at radius 1 is 1.32 bits per heavy atom. The summed E-state index contributed by atoms with van der Waals surface area (Å²) in [4.78, 5) is 30.3. The predicted molar refractivity (Wildman–Crippen MR) is 92.0 cm³/mol. The number of likely N-dealkylation sites (tertiary alicyclic amines) is 1. The molecule has 1 fully saturated rings. The quantitative estimate of drug-likeness (QED) is 0.874. The van der Waals surface area contributed by atoms with E-state index in [1.54, 1.807) is 0 Å². The number of carbonyl (C=O) groups excluding carboxylic acids is 2. The third-order valence-electron chi connectivity index (χ3n) is 3.60. The van der Waals surface area contributed by atoms with Gasteiger partial charge in [0.15, 0.2) is 5.17 Å². The lowest BCUT2D eigenvalue weighted by molar-refractivity contribution is -0.121. The molecule has 2 heterocycles. The highest BCUT2D eigenvalue weighted by molar-refractivity contribution is 9.10. The molecule has 2 amide bonds. The Balaban J connectivity index is 1.54. The van der Waals surface area contributed by atoms with Gasteiger partial charge in [-0.2, -0.15) is 4.99 Å². The molecule has 1 N–H and O–H groups in total. The van der Waals surface area contributed by atoms with Crippen LogP contribution in [0.25, 0.3) is 0 Å². The average molecular weight is 382 g/mol. The molecule has 1 atom stereocenters. The van der Waals surface area contributed by atoms with E-state index in [0.29, 0.717) is 0 Å². The van der Waals surface area contributed by atoms with Gasteiger partial charge in [-0.3, -0.25) is 9.59 Å². The molecule has 0 bridgehead atoms. The molecule has 7 heteroatoms. The molecule has 0 radical (unpaired) electrons. The van der Waals surface area contributed by atoms with Crippen LogP contribution in [0.15, 0.2) is 33.7 Å². The van der Waals surface area contributed by atoms with Crippen LogP contribution in [0.5, 0.6) is 0 Å². The van der Waals surface area contributed by atoms with Crippen LogP contribution in [0, 0.1) is 0 Å². The highest BCUT2D eigenvalue weighted by atomic mass is 79.9. The van der Waals surface area contributed by atoms with Crippen molar-refractivity contribution in [2.24, 2.45) is 4.99 Å². The monoisotopic (exact) mass is 381 g/mol. The van der Waals surface area contributed by atoms with Crippen molar-refractivity contribution in [3.05, 3.63) is 28.7 Å². The van der Waals surface area contributed by atoms with Crippen LogP contribution in [0.1, 0.15) is 19.3 Å². The molecule has 22 heavy (non-hydrogen) atoms. The molecule has 0 spiro atoms. The van der Waals surface area contributed by atoms with Gasteiger partial charge in [-0.05, 0) is 37.1 Å². The SMILES string of the molecule is O=C(CC1SC(N2CCCC2)=NC1=O)Nc1ccc(Br)cc1. The smallest absolute Gasteiger partial charge is 0.262 e. The summed E-state index contributed by atoms with van der Waals surface area (Å²) in [6, 6.07) is 7.36. The summed E-state index contributed by atoms with van der Waals surface area (Å²) >= 11 is 4.76. The Morgan fingerprint density at radius 3 is 2.68 bits per heavy atom. The van der Waals surface area contributed by atoms with Gasteiger partial charge < -0.3 is 10.2 Å². The zero-order valence-electron chi connectivity index (χ0n) is 11.9. The van der Waals surface area contributed by atoms with E-state index < -0.39 is 5.25 Å². The first-order valence-electron chi connectivity index (χ1n) is 7.21. The van der Waals surface area contributed by atoms with Crippen molar-refractivity contribution in [3.63, 3.8) is 0 Å². The van der Waals surface area contributed by atoms with Gasteiger partial charge in [0.1, 0.15) is 5.25 Å². The predicted octanol–water partition coefficient (Wildman–Crippen LogP) is 2.87. The molecule has 1 unspecified atom stereocenters. The fourth-order valence-corrected chi connectivity index (χ4v) is 3.85. The lowest BCUT2D eigenvalue weighted by atomic mass is 10.2. The van der Waals surface area contributed by atoms with E-state index in [1.165, 1.54) is 11.8 Å². The standard InChI is InChI=1S/C15H16BrN3O2S/c16-10-3-5-11(6-4-10)17-13(20)9-12-14(21)18-15(22-12)19-7-1-2-8-19/h3-6,12H,1-2,7-9H2,(H,17,20). The summed E-state index contributed by atoms with van der Waals surface area (Å²) < 4.78 is 0.954. The van der Waals surface area contributed by atoms with Gasteiger partial charge in [0.25, 0.3) is 5.91 Å².